The Bertz CT molecular complexity index is 45.0. The Kier molecular flexibility index (Phi) is 5.42. The van der Waals surface area contributed by atoms with Crippen molar-refractivity contribution < 1.29 is 4.74 Å². The van der Waals surface area contributed by atoms with Gasteiger partial charge in [-0.25, -0.2) is 0 Å². The summed E-state index contributed by atoms with van der Waals surface area (Å²) in [5, 5.41) is 0. The van der Waals surface area contributed by atoms with Crippen molar-refractivity contribution in [1.82, 2.24) is 0 Å². The molecule has 0 saturated carbocycles. The van der Waals surface area contributed by atoms with Crippen LogP contribution in [0.2, 0.25) is 0 Å². The molecule has 1 saturated heterocycles. The summed E-state index contributed by atoms with van der Waals surface area (Å²) < 4.78 is 4.93. The van der Waals surface area contributed by atoms with E-state index in [9.17, 15) is 0 Å². The average Bonchev–Trinajstić information content (AvgIpc) is 1.86. The third kappa shape index (κ3) is 3.19. The predicted octanol–water partition coefficient (Wildman–Crippen LogP) is -0.299. The first kappa shape index (κ1) is 8.56. The van der Waals surface area contributed by atoms with Gasteiger partial charge in [-0.2, -0.15) is 0 Å². The summed E-state index contributed by atoms with van der Waals surface area (Å²) in [4.78, 5) is 0. The molecule has 37 valence electrons. The Morgan fingerprint density at radius 1 is 1.57 bits per heavy atom. The standard InChI is InChI=1S/C4H9NO.K/c5-4-2-1-3-6-4;/h4H,1-3,5H2;. The first-order valence-corrected chi connectivity index (χ1v) is 2.27. The molecule has 0 aliphatic carbocycles. The minimum absolute atomic E-state index is 0. The van der Waals surface area contributed by atoms with Crippen LogP contribution in [-0.2, 0) is 4.74 Å². The second kappa shape index (κ2) is 4.44. The van der Waals surface area contributed by atoms with Gasteiger partial charge in [-0.1, -0.05) is 0 Å². The van der Waals surface area contributed by atoms with Gasteiger partial charge in [-0.15, -0.1) is 0 Å². The van der Waals surface area contributed by atoms with Gasteiger partial charge in [0.05, 0.1) is 0 Å². The fourth-order valence-corrected chi connectivity index (χ4v) is 0.603. The molecule has 1 fully saturated rings. The molecule has 0 aromatic rings. The molecular weight excluding hydrogens is 117 g/mol. The van der Waals surface area contributed by atoms with E-state index in [2.05, 4.69) is 0 Å². The van der Waals surface area contributed by atoms with Gasteiger partial charge >= 0.3 is 0 Å². The number of hydrogen-bond donors (Lipinski definition) is 1. The van der Waals surface area contributed by atoms with Gasteiger partial charge in [0, 0.05) is 58.0 Å². The monoisotopic (exact) mass is 126 g/mol. The molecule has 0 aromatic carbocycles. The van der Waals surface area contributed by atoms with Crippen LogP contribution in [0.1, 0.15) is 12.8 Å². The zero-order valence-electron chi connectivity index (χ0n) is 4.68. The average molecular weight is 126 g/mol. The SMILES string of the molecule is NC1CCCO1.[K]. The number of ether oxygens (including phenoxy) is 1. The number of hydrogen-bond acceptors (Lipinski definition) is 2. The minimum atomic E-state index is 0. The van der Waals surface area contributed by atoms with E-state index < -0.39 is 0 Å². The van der Waals surface area contributed by atoms with Crippen LogP contribution >= 0.6 is 0 Å². The van der Waals surface area contributed by atoms with E-state index >= 15 is 0 Å². The zero-order chi connectivity index (χ0) is 4.41. The fraction of sp³-hybridized carbons (Fsp3) is 1.00. The van der Waals surface area contributed by atoms with Crippen molar-refractivity contribution in [1.29, 1.82) is 0 Å². The maximum absolute atomic E-state index is 5.31. The Hall–Kier alpha value is 1.56. The second-order valence-corrected chi connectivity index (χ2v) is 1.55. The summed E-state index contributed by atoms with van der Waals surface area (Å²) in [6.45, 7) is 0.862. The molecule has 1 heterocycles. The van der Waals surface area contributed by atoms with Crippen LogP contribution in [0.3, 0.4) is 0 Å². The third-order valence-electron chi connectivity index (χ3n) is 0.965. The number of rotatable bonds is 0. The van der Waals surface area contributed by atoms with Crippen LogP contribution in [0, 0.1) is 0 Å². The van der Waals surface area contributed by atoms with Crippen molar-refractivity contribution in [3.8, 4) is 0 Å². The molecule has 1 atom stereocenters. The van der Waals surface area contributed by atoms with E-state index in [1.54, 1.807) is 0 Å². The Labute approximate surface area is 86.2 Å². The molecular formula is C4H9KNO. The molecule has 0 amide bonds. The van der Waals surface area contributed by atoms with Gasteiger partial charge < -0.3 is 10.5 Å². The summed E-state index contributed by atoms with van der Waals surface area (Å²) in [5.41, 5.74) is 5.31. The quantitative estimate of drug-likeness (QED) is 0.452. The molecule has 2 N–H and O–H groups in total. The van der Waals surface area contributed by atoms with Crippen molar-refractivity contribution in [2.75, 3.05) is 6.61 Å². The second-order valence-electron chi connectivity index (χ2n) is 1.55. The van der Waals surface area contributed by atoms with E-state index in [1.165, 1.54) is 0 Å². The maximum Gasteiger partial charge on any atom is 0.105 e. The molecule has 1 rings (SSSR count). The van der Waals surface area contributed by atoms with E-state index in [0.29, 0.717) is 0 Å². The first-order valence-electron chi connectivity index (χ1n) is 2.27. The zero-order valence-corrected chi connectivity index (χ0v) is 7.81. The van der Waals surface area contributed by atoms with Gasteiger partial charge in [0.25, 0.3) is 0 Å². The van der Waals surface area contributed by atoms with Crippen LogP contribution < -0.4 is 5.73 Å². The predicted molar refractivity (Wildman–Crippen MR) is 28.9 cm³/mol. The maximum atomic E-state index is 5.31. The normalized spacial score (nSPS) is 29.6. The van der Waals surface area contributed by atoms with E-state index in [4.69, 9.17) is 10.5 Å². The summed E-state index contributed by atoms with van der Waals surface area (Å²) in [7, 11) is 0. The van der Waals surface area contributed by atoms with Gasteiger partial charge in [-0.3, -0.25) is 0 Å². The minimum Gasteiger partial charge on any atom is -0.364 e. The van der Waals surface area contributed by atoms with E-state index in [-0.39, 0.29) is 57.6 Å². The molecule has 1 unspecified atom stereocenters. The molecule has 0 aromatic heterocycles. The van der Waals surface area contributed by atoms with Crippen LogP contribution in [0.5, 0.6) is 0 Å². The molecule has 7 heavy (non-hydrogen) atoms. The van der Waals surface area contributed by atoms with Crippen LogP contribution in [0.4, 0.5) is 0 Å². The van der Waals surface area contributed by atoms with Crippen molar-refractivity contribution in [3.05, 3.63) is 0 Å². The van der Waals surface area contributed by atoms with E-state index in [1.807, 2.05) is 0 Å². The van der Waals surface area contributed by atoms with E-state index in [0.717, 1.165) is 19.4 Å². The van der Waals surface area contributed by atoms with Gasteiger partial charge in [-0.05, 0) is 12.8 Å². The summed E-state index contributed by atoms with van der Waals surface area (Å²) >= 11 is 0. The van der Waals surface area contributed by atoms with Gasteiger partial charge in [0.1, 0.15) is 6.23 Å². The Morgan fingerprint density at radius 3 is 2.43 bits per heavy atom. The molecule has 0 bridgehead atoms. The van der Waals surface area contributed by atoms with Crippen LogP contribution in [0.15, 0.2) is 0 Å². The molecule has 3 heteroatoms. The molecule has 0 spiro atoms. The van der Waals surface area contributed by atoms with Gasteiger partial charge in [0.2, 0.25) is 0 Å². The summed E-state index contributed by atoms with van der Waals surface area (Å²) in [6.07, 6.45) is 2.23. The van der Waals surface area contributed by atoms with Gasteiger partial charge in [0.15, 0.2) is 0 Å². The molecule has 1 aliphatic rings. The van der Waals surface area contributed by atoms with Crippen molar-refractivity contribution in [2.45, 2.75) is 19.1 Å². The number of nitrogens with two attached hydrogens (primary N) is 1. The fourth-order valence-electron chi connectivity index (χ4n) is 0.603. The van der Waals surface area contributed by atoms with Crippen molar-refractivity contribution in [2.24, 2.45) is 5.73 Å². The summed E-state index contributed by atoms with van der Waals surface area (Å²) in [5.74, 6) is 0. The van der Waals surface area contributed by atoms with Crippen LogP contribution in [0.25, 0.3) is 0 Å². The topological polar surface area (TPSA) is 35.2 Å². The summed E-state index contributed by atoms with van der Waals surface area (Å²) in [6, 6.07) is 0. The molecule has 1 aliphatic heterocycles. The van der Waals surface area contributed by atoms with Crippen molar-refractivity contribution >= 4 is 51.4 Å². The largest absolute Gasteiger partial charge is 0.364 e. The smallest absolute Gasteiger partial charge is 0.105 e. The Morgan fingerprint density at radius 2 is 2.29 bits per heavy atom. The molecule has 2 nitrogen and oxygen atoms in total. The Balaban J connectivity index is 0.000000360. The van der Waals surface area contributed by atoms with Crippen LogP contribution in [-0.4, -0.2) is 64.2 Å². The molecule has 1 radical (unpaired) electrons. The van der Waals surface area contributed by atoms with Crippen molar-refractivity contribution in [3.63, 3.8) is 0 Å². The first-order chi connectivity index (χ1) is 2.89. The third-order valence-corrected chi connectivity index (χ3v) is 0.965.